The maximum atomic E-state index is 12.3. The quantitative estimate of drug-likeness (QED) is 0.690. The maximum Gasteiger partial charge on any atom is 0.243 e. The summed E-state index contributed by atoms with van der Waals surface area (Å²) in [6, 6.07) is 9.83. The molecular weight excluding hydrogens is 302 g/mol. The van der Waals surface area contributed by atoms with Gasteiger partial charge in [0.1, 0.15) is 0 Å². The van der Waals surface area contributed by atoms with Crippen molar-refractivity contribution in [3.8, 4) is 0 Å². The van der Waals surface area contributed by atoms with Crippen molar-refractivity contribution in [3.63, 3.8) is 0 Å². The molecule has 0 saturated heterocycles. The summed E-state index contributed by atoms with van der Waals surface area (Å²) in [6.07, 6.45) is 4.41. The predicted molar refractivity (Wildman–Crippen MR) is 95.5 cm³/mol. The smallest absolute Gasteiger partial charge is 0.243 e. The molecule has 2 rings (SSSR count). The number of nitrogens with zero attached hydrogens (tertiary/aromatic N) is 3. The van der Waals surface area contributed by atoms with E-state index in [0.717, 1.165) is 17.7 Å². The molecular formula is C19H23N3O2. The molecule has 126 valence electrons. The Bertz CT molecular complexity index is 627. The second-order valence-corrected chi connectivity index (χ2v) is 5.56. The third-order valence-corrected chi connectivity index (χ3v) is 3.80. The number of benzene rings is 1. The fraction of sp³-hybridized carbons (Fsp3) is 0.316. The first-order chi connectivity index (χ1) is 11.7. The van der Waals surface area contributed by atoms with E-state index >= 15 is 0 Å². The van der Waals surface area contributed by atoms with Gasteiger partial charge in [-0.05, 0) is 5.56 Å². The van der Waals surface area contributed by atoms with Crippen molar-refractivity contribution in [3.05, 3.63) is 61.2 Å². The van der Waals surface area contributed by atoms with E-state index in [1.807, 2.05) is 30.3 Å². The van der Waals surface area contributed by atoms with Gasteiger partial charge in [0.25, 0.3) is 0 Å². The highest BCUT2D eigenvalue weighted by Gasteiger charge is 2.22. The summed E-state index contributed by atoms with van der Waals surface area (Å²) >= 11 is 0. The number of amides is 2. The van der Waals surface area contributed by atoms with Gasteiger partial charge in [-0.1, -0.05) is 42.5 Å². The fourth-order valence-corrected chi connectivity index (χ4v) is 2.56. The minimum absolute atomic E-state index is 0.0744. The maximum absolute atomic E-state index is 12.3. The molecule has 0 spiro atoms. The highest BCUT2D eigenvalue weighted by atomic mass is 16.2. The fourth-order valence-electron chi connectivity index (χ4n) is 2.56. The highest BCUT2D eigenvalue weighted by molar-refractivity contribution is 6.02. The first-order valence-corrected chi connectivity index (χ1v) is 8.08. The van der Waals surface area contributed by atoms with Crippen LogP contribution in [0.2, 0.25) is 0 Å². The average Bonchev–Trinajstić information content (AvgIpc) is 3.10. The Morgan fingerprint density at radius 3 is 2.42 bits per heavy atom. The molecule has 0 radical (unpaired) electrons. The number of carbonyl (C=O) groups is 2. The van der Waals surface area contributed by atoms with E-state index in [2.05, 4.69) is 18.3 Å². The largest absolute Gasteiger partial charge is 0.335 e. The SMILES string of the molecule is C=CCN(CC=C)C(=O)CCC(=O)N1CCC(c2ccccc2)=N1. The molecule has 0 N–H and O–H groups in total. The molecule has 0 unspecified atom stereocenters. The summed E-state index contributed by atoms with van der Waals surface area (Å²) in [5.41, 5.74) is 1.95. The van der Waals surface area contributed by atoms with Crippen molar-refractivity contribution in [2.45, 2.75) is 19.3 Å². The summed E-state index contributed by atoms with van der Waals surface area (Å²) in [4.78, 5) is 26.0. The van der Waals surface area contributed by atoms with Crippen LogP contribution in [-0.4, -0.2) is 47.1 Å². The van der Waals surface area contributed by atoms with E-state index in [4.69, 9.17) is 0 Å². The van der Waals surface area contributed by atoms with Crippen molar-refractivity contribution in [2.75, 3.05) is 19.6 Å². The van der Waals surface area contributed by atoms with E-state index in [-0.39, 0.29) is 24.7 Å². The molecule has 5 nitrogen and oxygen atoms in total. The Morgan fingerprint density at radius 1 is 1.12 bits per heavy atom. The van der Waals surface area contributed by atoms with E-state index in [1.54, 1.807) is 17.1 Å². The summed E-state index contributed by atoms with van der Waals surface area (Å²) in [6.45, 7) is 8.76. The number of carbonyl (C=O) groups excluding carboxylic acids is 2. The molecule has 1 aromatic carbocycles. The lowest BCUT2D eigenvalue weighted by Gasteiger charge is -2.19. The van der Waals surface area contributed by atoms with Crippen molar-refractivity contribution < 1.29 is 9.59 Å². The molecule has 0 atom stereocenters. The molecule has 1 aliphatic heterocycles. The molecule has 24 heavy (non-hydrogen) atoms. The van der Waals surface area contributed by atoms with E-state index in [9.17, 15) is 9.59 Å². The Morgan fingerprint density at radius 2 is 1.79 bits per heavy atom. The van der Waals surface area contributed by atoms with Crippen molar-refractivity contribution in [1.82, 2.24) is 9.91 Å². The Kier molecular flexibility index (Phi) is 6.49. The van der Waals surface area contributed by atoms with Gasteiger partial charge in [-0.15, -0.1) is 13.2 Å². The van der Waals surface area contributed by atoms with Crippen LogP contribution in [0, 0.1) is 0 Å². The minimum atomic E-state index is -0.119. The van der Waals surface area contributed by atoms with Crippen LogP contribution in [0.4, 0.5) is 0 Å². The summed E-state index contributed by atoms with van der Waals surface area (Å²) in [5.74, 6) is -0.193. The van der Waals surface area contributed by atoms with E-state index in [1.165, 1.54) is 5.01 Å². The predicted octanol–water partition coefficient (Wildman–Crippen LogP) is 2.60. The summed E-state index contributed by atoms with van der Waals surface area (Å²) in [5, 5.41) is 5.87. The zero-order valence-electron chi connectivity index (χ0n) is 13.9. The molecule has 1 aliphatic rings. The number of hydrogen-bond donors (Lipinski definition) is 0. The lowest BCUT2D eigenvalue weighted by Crippen LogP contribution is -2.32. The molecule has 0 saturated carbocycles. The molecule has 5 heteroatoms. The Hall–Kier alpha value is -2.69. The van der Waals surface area contributed by atoms with Gasteiger partial charge in [-0.3, -0.25) is 9.59 Å². The lowest BCUT2D eigenvalue weighted by atomic mass is 10.1. The van der Waals surface area contributed by atoms with Crippen LogP contribution in [-0.2, 0) is 9.59 Å². The average molecular weight is 325 g/mol. The van der Waals surface area contributed by atoms with Gasteiger partial charge in [-0.25, -0.2) is 5.01 Å². The number of rotatable bonds is 8. The first kappa shape index (κ1) is 17.7. The van der Waals surface area contributed by atoms with Crippen LogP contribution in [0.15, 0.2) is 60.7 Å². The molecule has 1 heterocycles. The van der Waals surface area contributed by atoms with Crippen LogP contribution in [0.3, 0.4) is 0 Å². The molecule has 0 aromatic heterocycles. The molecule has 1 aromatic rings. The molecule has 0 fully saturated rings. The van der Waals surface area contributed by atoms with Crippen LogP contribution in [0.25, 0.3) is 0 Å². The van der Waals surface area contributed by atoms with Gasteiger partial charge >= 0.3 is 0 Å². The number of hydrazone groups is 1. The minimum Gasteiger partial charge on any atom is -0.335 e. The monoisotopic (exact) mass is 325 g/mol. The van der Waals surface area contributed by atoms with Gasteiger partial charge in [0.2, 0.25) is 11.8 Å². The zero-order valence-corrected chi connectivity index (χ0v) is 13.9. The molecule has 2 amide bonds. The van der Waals surface area contributed by atoms with Gasteiger partial charge in [0.15, 0.2) is 0 Å². The van der Waals surface area contributed by atoms with Crippen LogP contribution >= 0.6 is 0 Å². The summed E-state index contributed by atoms with van der Waals surface area (Å²) < 4.78 is 0. The standard InChI is InChI=1S/C19H23N3O2/c1-3-13-21(14-4-2)18(23)10-11-19(24)22-15-12-17(20-22)16-8-6-5-7-9-16/h3-9H,1-2,10-15H2. The van der Waals surface area contributed by atoms with Crippen molar-refractivity contribution in [2.24, 2.45) is 5.10 Å². The van der Waals surface area contributed by atoms with Gasteiger partial charge < -0.3 is 4.90 Å². The van der Waals surface area contributed by atoms with Gasteiger partial charge in [-0.2, -0.15) is 5.10 Å². The van der Waals surface area contributed by atoms with Crippen molar-refractivity contribution in [1.29, 1.82) is 0 Å². The topological polar surface area (TPSA) is 53.0 Å². The zero-order chi connectivity index (χ0) is 17.4. The van der Waals surface area contributed by atoms with Crippen LogP contribution < -0.4 is 0 Å². The highest BCUT2D eigenvalue weighted by Crippen LogP contribution is 2.15. The van der Waals surface area contributed by atoms with Gasteiger partial charge in [0, 0.05) is 32.4 Å². The van der Waals surface area contributed by atoms with E-state index in [0.29, 0.717) is 19.6 Å². The molecule has 0 aliphatic carbocycles. The third kappa shape index (κ3) is 4.65. The Balaban J connectivity index is 1.89. The summed E-state index contributed by atoms with van der Waals surface area (Å²) in [7, 11) is 0. The third-order valence-electron chi connectivity index (χ3n) is 3.80. The molecule has 0 bridgehead atoms. The first-order valence-electron chi connectivity index (χ1n) is 8.08. The lowest BCUT2D eigenvalue weighted by molar-refractivity contribution is -0.136. The van der Waals surface area contributed by atoms with Crippen LogP contribution in [0.5, 0.6) is 0 Å². The van der Waals surface area contributed by atoms with Crippen LogP contribution in [0.1, 0.15) is 24.8 Å². The second-order valence-electron chi connectivity index (χ2n) is 5.56. The normalized spacial score (nSPS) is 13.3. The second kappa shape index (κ2) is 8.82. The Labute approximate surface area is 142 Å². The van der Waals surface area contributed by atoms with E-state index < -0.39 is 0 Å². The number of hydrogen-bond acceptors (Lipinski definition) is 3. The van der Waals surface area contributed by atoms with Crippen molar-refractivity contribution >= 4 is 17.5 Å². The van der Waals surface area contributed by atoms with Gasteiger partial charge in [0.05, 0.1) is 12.3 Å².